The highest BCUT2D eigenvalue weighted by molar-refractivity contribution is 6.07. The van der Waals surface area contributed by atoms with Crippen LogP contribution < -0.4 is 15.3 Å². The third kappa shape index (κ3) is 3.01. The van der Waals surface area contributed by atoms with Crippen molar-refractivity contribution >= 4 is 11.8 Å². The van der Waals surface area contributed by atoms with E-state index in [1.165, 1.54) is 31.2 Å². The predicted octanol–water partition coefficient (Wildman–Crippen LogP) is 0.711. The molecule has 136 valence electrons. The van der Waals surface area contributed by atoms with Crippen LogP contribution in [0.15, 0.2) is 30.3 Å². The highest BCUT2D eigenvalue weighted by Gasteiger charge is 2.30. The molecule has 0 bridgehead atoms. The second-order valence-corrected chi connectivity index (χ2v) is 5.69. The molecule has 1 heterocycles. The van der Waals surface area contributed by atoms with Crippen molar-refractivity contribution in [1.82, 2.24) is 5.01 Å². The number of fused-ring (bicyclic) bond motifs is 1. The molecule has 0 saturated carbocycles. The first-order valence-electron chi connectivity index (χ1n) is 7.52. The van der Waals surface area contributed by atoms with Crippen LogP contribution in [-0.4, -0.2) is 38.9 Å². The summed E-state index contributed by atoms with van der Waals surface area (Å²) < 4.78 is 10.3. The number of phenols is 2. The van der Waals surface area contributed by atoms with E-state index < -0.39 is 23.7 Å². The number of imide groups is 1. The minimum Gasteiger partial charge on any atom is -0.508 e. The quantitative estimate of drug-likeness (QED) is 0.356. The van der Waals surface area contributed by atoms with Gasteiger partial charge in [-0.05, 0) is 36.2 Å². The SMILES string of the molecule is Cc1cc(O)cc(O)c1C(=O)N(N)C(=O)C(O)c1ccc2c(c1)OCO2. The number of benzene rings is 2. The van der Waals surface area contributed by atoms with Crippen LogP contribution in [0.2, 0.25) is 0 Å². The van der Waals surface area contributed by atoms with Crippen LogP contribution in [0.5, 0.6) is 23.0 Å². The summed E-state index contributed by atoms with van der Waals surface area (Å²) in [7, 11) is 0. The Kier molecular flexibility index (Phi) is 4.41. The highest BCUT2D eigenvalue weighted by atomic mass is 16.7. The molecule has 9 heteroatoms. The van der Waals surface area contributed by atoms with Gasteiger partial charge in [-0.15, -0.1) is 0 Å². The first-order chi connectivity index (χ1) is 12.3. The lowest BCUT2D eigenvalue weighted by atomic mass is 10.0. The Morgan fingerprint density at radius 1 is 1.15 bits per heavy atom. The molecule has 0 aliphatic carbocycles. The molecule has 3 rings (SSSR count). The number of hydrazine groups is 1. The van der Waals surface area contributed by atoms with Gasteiger partial charge in [0.05, 0.1) is 5.56 Å². The number of aliphatic hydroxyl groups is 1. The van der Waals surface area contributed by atoms with Crippen LogP contribution in [0.1, 0.15) is 27.6 Å². The topological polar surface area (TPSA) is 143 Å². The molecule has 2 aromatic rings. The number of rotatable bonds is 3. The average Bonchev–Trinajstić information content (AvgIpc) is 3.06. The van der Waals surface area contributed by atoms with Crippen molar-refractivity contribution < 1.29 is 34.4 Å². The van der Waals surface area contributed by atoms with Crippen LogP contribution in [0.25, 0.3) is 0 Å². The third-order valence-corrected chi connectivity index (χ3v) is 3.92. The molecule has 2 amide bonds. The molecule has 1 atom stereocenters. The van der Waals surface area contributed by atoms with Crippen LogP contribution in [0.3, 0.4) is 0 Å². The summed E-state index contributed by atoms with van der Waals surface area (Å²) in [6, 6.07) is 6.56. The number of nitrogens with zero attached hydrogens (tertiary/aromatic N) is 1. The van der Waals surface area contributed by atoms with E-state index in [0.717, 1.165) is 6.07 Å². The first kappa shape index (κ1) is 17.5. The summed E-state index contributed by atoms with van der Waals surface area (Å²) in [6.07, 6.45) is -1.72. The number of aryl methyl sites for hydroxylation is 1. The summed E-state index contributed by atoms with van der Waals surface area (Å²) in [5.74, 6) is 3.50. The zero-order chi connectivity index (χ0) is 19.0. The zero-order valence-electron chi connectivity index (χ0n) is 13.7. The lowest BCUT2D eigenvalue weighted by Gasteiger charge is -2.20. The van der Waals surface area contributed by atoms with Gasteiger partial charge < -0.3 is 24.8 Å². The number of carbonyl (C=O) groups is 2. The van der Waals surface area contributed by atoms with Gasteiger partial charge in [0.2, 0.25) is 6.79 Å². The van der Waals surface area contributed by atoms with E-state index in [1.807, 2.05) is 0 Å². The minimum atomic E-state index is -1.72. The van der Waals surface area contributed by atoms with E-state index in [4.69, 9.17) is 15.3 Å². The number of nitrogens with two attached hydrogens (primary N) is 1. The van der Waals surface area contributed by atoms with Gasteiger partial charge in [0.1, 0.15) is 11.5 Å². The molecule has 0 saturated heterocycles. The summed E-state index contributed by atoms with van der Waals surface area (Å²) in [4.78, 5) is 24.8. The van der Waals surface area contributed by atoms with E-state index in [0.29, 0.717) is 11.5 Å². The van der Waals surface area contributed by atoms with E-state index >= 15 is 0 Å². The van der Waals surface area contributed by atoms with Crippen molar-refractivity contribution in [2.24, 2.45) is 5.84 Å². The van der Waals surface area contributed by atoms with Gasteiger partial charge in [-0.2, -0.15) is 0 Å². The van der Waals surface area contributed by atoms with Crippen molar-refractivity contribution in [1.29, 1.82) is 0 Å². The molecule has 1 aliphatic heterocycles. The Balaban J connectivity index is 1.84. The minimum absolute atomic E-state index is 0.0315. The summed E-state index contributed by atoms with van der Waals surface area (Å²) in [6.45, 7) is 1.49. The number of phenolic OH excluding ortho intramolecular Hbond substituents is 2. The van der Waals surface area contributed by atoms with E-state index in [1.54, 1.807) is 0 Å². The summed E-state index contributed by atoms with van der Waals surface area (Å²) in [5, 5.41) is 29.7. The molecule has 0 radical (unpaired) electrons. The molecular formula is C17H16N2O7. The molecule has 5 N–H and O–H groups in total. The first-order valence-corrected chi connectivity index (χ1v) is 7.52. The largest absolute Gasteiger partial charge is 0.508 e. The molecule has 0 fully saturated rings. The molecule has 0 aromatic heterocycles. The molecule has 2 aromatic carbocycles. The highest BCUT2D eigenvalue weighted by Crippen LogP contribution is 2.34. The fourth-order valence-corrected chi connectivity index (χ4v) is 2.61. The smallest absolute Gasteiger partial charge is 0.278 e. The lowest BCUT2D eigenvalue weighted by Crippen LogP contribution is -2.45. The van der Waals surface area contributed by atoms with Gasteiger partial charge in [-0.25, -0.2) is 10.9 Å². The fraction of sp³-hybridized carbons (Fsp3) is 0.176. The van der Waals surface area contributed by atoms with Gasteiger partial charge in [0, 0.05) is 6.07 Å². The summed E-state index contributed by atoms with van der Waals surface area (Å²) in [5.41, 5.74) is 0.124. The van der Waals surface area contributed by atoms with Gasteiger partial charge in [0.15, 0.2) is 17.6 Å². The Labute approximate surface area is 147 Å². The Hall–Kier alpha value is -3.30. The lowest BCUT2D eigenvalue weighted by molar-refractivity contribution is -0.138. The fourth-order valence-electron chi connectivity index (χ4n) is 2.61. The monoisotopic (exact) mass is 360 g/mol. The molecule has 1 unspecified atom stereocenters. The van der Waals surface area contributed by atoms with Crippen LogP contribution in [0, 0.1) is 6.92 Å². The normalized spacial score (nSPS) is 13.3. The second-order valence-electron chi connectivity index (χ2n) is 5.69. The number of hydrogen-bond donors (Lipinski definition) is 4. The van der Waals surface area contributed by atoms with Gasteiger partial charge in [0.25, 0.3) is 11.8 Å². The van der Waals surface area contributed by atoms with E-state index in [2.05, 4.69) is 0 Å². The van der Waals surface area contributed by atoms with Gasteiger partial charge in [-0.3, -0.25) is 9.59 Å². The second kappa shape index (κ2) is 6.54. The zero-order valence-corrected chi connectivity index (χ0v) is 13.7. The molecule has 0 spiro atoms. The van der Waals surface area contributed by atoms with E-state index in [-0.39, 0.29) is 34.2 Å². The molecule has 26 heavy (non-hydrogen) atoms. The maximum atomic E-state index is 12.4. The third-order valence-electron chi connectivity index (χ3n) is 3.92. The number of aliphatic hydroxyl groups excluding tert-OH is 1. The molecule has 9 nitrogen and oxygen atoms in total. The maximum Gasteiger partial charge on any atom is 0.278 e. The maximum absolute atomic E-state index is 12.4. The van der Waals surface area contributed by atoms with Crippen molar-refractivity contribution in [2.75, 3.05) is 6.79 Å². The van der Waals surface area contributed by atoms with Crippen LogP contribution in [0.4, 0.5) is 0 Å². The van der Waals surface area contributed by atoms with Crippen molar-refractivity contribution in [3.8, 4) is 23.0 Å². The summed E-state index contributed by atoms with van der Waals surface area (Å²) >= 11 is 0. The number of aromatic hydroxyl groups is 2. The van der Waals surface area contributed by atoms with Crippen molar-refractivity contribution in [2.45, 2.75) is 13.0 Å². The molecular weight excluding hydrogens is 344 g/mol. The Morgan fingerprint density at radius 3 is 2.54 bits per heavy atom. The van der Waals surface area contributed by atoms with Crippen molar-refractivity contribution in [3.63, 3.8) is 0 Å². The Bertz CT molecular complexity index is 874. The van der Waals surface area contributed by atoms with Crippen LogP contribution >= 0.6 is 0 Å². The number of amides is 2. The van der Waals surface area contributed by atoms with Gasteiger partial charge in [-0.1, -0.05) is 6.07 Å². The standard InChI is InChI=1S/C17H16N2O7/c1-8-4-10(20)6-11(21)14(8)16(23)19(18)17(24)15(22)9-2-3-12-13(5-9)26-7-25-12/h2-6,15,20-22H,7,18H2,1H3. The average molecular weight is 360 g/mol. The molecule has 1 aliphatic rings. The number of carbonyl (C=O) groups excluding carboxylic acids is 2. The van der Waals surface area contributed by atoms with Crippen LogP contribution in [-0.2, 0) is 4.79 Å². The Morgan fingerprint density at radius 2 is 1.85 bits per heavy atom. The van der Waals surface area contributed by atoms with Crippen molar-refractivity contribution in [3.05, 3.63) is 47.0 Å². The van der Waals surface area contributed by atoms with E-state index in [9.17, 15) is 24.9 Å². The number of ether oxygens (including phenoxy) is 2. The number of hydrogen-bond acceptors (Lipinski definition) is 8. The predicted molar refractivity (Wildman–Crippen MR) is 87.4 cm³/mol. The van der Waals surface area contributed by atoms with Gasteiger partial charge >= 0.3 is 0 Å².